The number of thioether (sulfide) groups is 1. The third-order valence-corrected chi connectivity index (χ3v) is 2.77. The van der Waals surface area contributed by atoms with Crippen LogP contribution in [-0.4, -0.2) is 23.7 Å². The van der Waals surface area contributed by atoms with Gasteiger partial charge in [-0.15, -0.1) is 0 Å². The van der Waals surface area contributed by atoms with Crippen LogP contribution in [0.4, 0.5) is 8.78 Å². The molecule has 6 heteroatoms. The van der Waals surface area contributed by atoms with Crippen molar-refractivity contribution in [2.45, 2.75) is 30.0 Å². The highest BCUT2D eigenvalue weighted by Gasteiger charge is 2.13. The third kappa shape index (κ3) is 5.46. The molecule has 0 aliphatic carbocycles. The van der Waals surface area contributed by atoms with Gasteiger partial charge in [0, 0.05) is 22.5 Å². The SMILES string of the molecule is CC(C)(N)CNC(=O)c1ccc(SC(F)F)cc1. The standard InChI is InChI=1S/C12H16F2N2OS/c1-12(2,15)7-16-10(17)8-3-5-9(6-4-8)18-11(13)14/h3-6,11H,7,15H2,1-2H3,(H,16,17). The minimum Gasteiger partial charge on any atom is -0.350 e. The van der Waals surface area contributed by atoms with Crippen LogP contribution < -0.4 is 11.1 Å². The van der Waals surface area contributed by atoms with Crippen molar-refractivity contribution in [1.82, 2.24) is 5.32 Å². The Kier molecular flexibility index (Phi) is 5.10. The Labute approximate surface area is 109 Å². The Morgan fingerprint density at radius 2 is 1.94 bits per heavy atom. The molecule has 0 unspecified atom stereocenters. The molecule has 0 aromatic heterocycles. The molecule has 0 spiro atoms. The van der Waals surface area contributed by atoms with E-state index in [1.165, 1.54) is 24.3 Å². The molecule has 0 atom stereocenters. The average Bonchev–Trinajstić information content (AvgIpc) is 2.25. The van der Waals surface area contributed by atoms with E-state index in [9.17, 15) is 13.6 Å². The lowest BCUT2D eigenvalue weighted by Gasteiger charge is -2.18. The number of benzene rings is 1. The fourth-order valence-electron chi connectivity index (χ4n) is 1.20. The molecule has 18 heavy (non-hydrogen) atoms. The van der Waals surface area contributed by atoms with Crippen LogP contribution in [0.5, 0.6) is 0 Å². The lowest BCUT2D eigenvalue weighted by molar-refractivity contribution is 0.0946. The first-order valence-electron chi connectivity index (χ1n) is 5.40. The monoisotopic (exact) mass is 274 g/mol. The van der Waals surface area contributed by atoms with Gasteiger partial charge in [0.05, 0.1) is 0 Å². The minimum atomic E-state index is -2.46. The van der Waals surface area contributed by atoms with Crippen LogP contribution >= 0.6 is 11.8 Å². The largest absolute Gasteiger partial charge is 0.350 e. The van der Waals surface area contributed by atoms with Crippen molar-refractivity contribution in [2.75, 3.05) is 6.54 Å². The maximum atomic E-state index is 12.1. The predicted molar refractivity (Wildman–Crippen MR) is 68.9 cm³/mol. The highest BCUT2D eigenvalue weighted by Crippen LogP contribution is 2.25. The summed E-state index contributed by atoms with van der Waals surface area (Å²) < 4.78 is 24.2. The minimum absolute atomic E-state index is 0.262. The van der Waals surface area contributed by atoms with Gasteiger partial charge in [-0.25, -0.2) is 0 Å². The zero-order valence-electron chi connectivity index (χ0n) is 10.2. The molecular weight excluding hydrogens is 258 g/mol. The van der Waals surface area contributed by atoms with E-state index in [0.717, 1.165) is 0 Å². The molecule has 3 N–H and O–H groups in total. The van der Waals surface area contributed by atoms with E-state index >= 15 is 0 Å². The number of hydrogen-bond acceptors (Lipinski definition) is 3. The molecule has 1 rings (SSSR count). The van der Waals surface area contributed by atoms with Gasteiger partial charge < -0.3 is 11.1 Å². The molecular formula is C12H16F2N2OS. The number of halogens is 2. The number of hydrogen-bond donors (Lipinski definition) is 2. The fourth-order valence-corrected chi connectivity index (χ4v) is 1.70. The first-order chi connectivity index (χ1) is 8.28. The summed E-state index contributed by atoms with van der Waals surface area (Å²) in [7, 11) is 0. The number of nitrogens with two attached hydrogens (primary N) is 1. The molecule has 100 valence electrons. The summed E-state index contributed by atoms with van der Waals surface area (Å²) in [6.45, 7) is 3.95. The molecule has 1 aromatic carbocycles. The van der Waals surface area contributed by atoms with Crippen LogP contribution in [0, 0.1) is 0 Å². The Balaban J connectivity index is 2.59. The van der Waals surface area contributed by atoms with Crippen LogP contribution in [0.1, 0.15) is 24.2 Å². The van der Waals surface area contributed by atoms with Gasteiger partial charge in [-0.3, -0.25) is 4.79 Å². The summed E-state index contributed by atoms with van der Waals surface area (Å²) in [6, 6.07) is 6.03. The van der Waals surface area contributed by atoms with Gasteiger partial charge in [-0.1, -0.05) is 11.8 Å². The maximum absolute atomic E-state index is 12.1. The normalized spacial score (nSPS) is 11.7. The van der Waals surface area contributed by atoms with E-state index in [4.69, 9.17) is 5.73 Å². The van der Waals surface area contributed by atoms with Crippen molar-refractivity contribution >= 4 is 17.7 Å². The van der Waals surface area contributed by atoms with Gasteiger partial charge in [-0.05, 0) is 38.1 Å². The number of alkyl halides is 2. The third-order valence-electron chi connectivity index (χ3n) is 2.05. The number of rotatable bonds is 5. The van der Waals surface area contributed by atoms with E-state index in [1.807, 2.05) is 0 Å². The van der Waals surface area contributed by atoms with Gasteiger partial charge in [0.25, 0.3) is 11.7 Å². The number of carbonyl (C=O) groups is 1. The summed E-state index contributed by atoms with van der Waals surface area (Å²) in [5.74, 6) is -2.72. The summed E-state index contributed by atoms with van der Waals surface area (Å²) in [5, 5.41) is 2.68. The second kappa shape index (κ2) is 6.15. The van der Waals surface area contributed by atoms with Crippen molar-refractivity contribution in [1.29, 1.82) is 0 Å². The van der Waals surface area contributed by atoms with Gasteiger partial charge in [0.2, 0.25) is 0 Å². The molecule has 0 saturated carbocycles. The topological polar surface area (TPSA) is 55.1 Å². The van der Waals surface area contributed by atoms with Gasteiger partial charge in [0.1, 0.15) is 0 Å². The molecule has 1 amide bonds. The summed E-state index contributed by atoms with van der Waals surface area (Å²) in [6.07, 6.45) is 0. The van der Waals surface area contributed by atoms with Gasteiger partial charge in [-0.2, -0.15) is 8.78 Å². The van der Waals surface area contributed by atoms with Crippen molar-refractivity contribution in [2.24, 2.45) is 5.73 Å². The van der Waals surface area contributed by atoms with Crippen molar-refractivity contribution in [3.8, 4) is 0 Å². The highest BCUT2D eigenvalue weighted by atomic mass is 32.2. The first kappa shape index (κ1) is 14.9. The van der Waals surface area contributed by atoms with Crippen LogP contribution in [0.15, 0.2) is 29.2 Å². The molecule has 3 nitrogen and oxygen atoms in total. The van der Waals surface area contributed by atoms with Crippen LogP contribution in [0.2, 0.25) is 0 Å². The van der Waals surface area contributed by atoms with Crippen LogP contribution in [0.3, 0.4) is 0 Å². The molecule has 0 fully saturated rings. The molecule has 0 aliphatic rings. The second-order valence-corrected chi connectivity index (χ2v) is 5.64. The molecule has 0 heterocycles. The first-order valence-corrected chi connectivity index (χ1v) is 6.28. The van der Waals surface area contributed by atoms with E-state index in [1.54, 1.807) is 13.8 Å². The smallest absolute Gasteiger partial charge is 0.288 e. The highest BCUT2D eigenvalue weighted by molar-refractivity contribution is 7.99. The average molecular weight is 274 g/mol. The zero-order chi connectivity index (χ0) is 13.8. The molecule has 0 radical (unpaired) electrons. The van der Waals surface area contributed by atoms with Crippen molar-refractivity contribution in [3.63, 3.8) is 0 Å². The zero-order valence-corrected chi connectivity index (χ0v) is 11.1. The van der Waals surface area contributed by atoms with E-state index in [-0.39, 0.29) is 5.91 Å². The van der Waals surface area contributed by atoms with Gasteiger partial charge >= 0.3 is 0 Å². The van der Waals surface area contributed by atoms with E-state index < -0.39 is 11.3 Å². The second-order valence-electron chi connectivity index (χ2n) is 4.57. The van der Waals surface area contributed by atoms with E-state index in [0.29, 0.717) is 28.8 Å². The summed E-state index contributed by atoms with van der Waals surface area (Å²) in [4.78, 5) is 12.1. The van der Waals surface area contributed by atoms with Crippen LogP contribution in [-0.2, 0) is 0 Å². The Morgan fingerprint density at radius 3 is 2.39 bits per heavy atom. The Hall–Kier alpha value is -1.14. The van der Waals surface area contributed by atoms with Crippen molar-refractivity contribution in [3.05, 3.63) is 29.8 Å². The maximum Gasteiger partial charge on any atom is 0.288 e. The predicted octanol–water partition coefficient (Wildman–Crippen LogP) is 2.47. The Morgan fingerprint density at radius 1 is 1.39 bits per heavy atom. The fraction of sp³-hybridized carbons (Fsp3) is 0.417. The molecule has 0 bridgehead atoms. The van der Waals surface area contributed by atoms with E-state index in [2.05, 4.69) is 5.32 Å². The summed E-state index contributed by atoms with van der Waals surface area (Å²) in [5.41, 5.74) is 5.68. The summed E-state index contributed by atoms with van der Waals surface area (Å²) >= 11 is 0.451. The molecule has 1 aromatic rings. The van der Waals surface area contributed by atoms with Crippen molar-refractivity contribution < 1.29 is 13.6 Å². The lowest BCUT2D eigenvalue weighted by atomic mass is 10.1. The van der Waals surface area contributed by atoms with Gasteiger partial charge in [0.15, 0.2) is 0 Å². The van der Waals surface area contributed by atoms with Crippen LogP contribution in [0.25, 0.3) is 0 Å². The number of amides is 1. The molecule has 0 saturated heterocycles. The number of nitrogens with one attached hydrogen (secondary N) is 1. The Bertz CT molecular complexity index is 402. The number of carbonyl (C=O) groups excluding carboxylic acids is 1. The lowest BCUT2D eigenvalue weighted by Crippen LogP contribution is -2.45. The molecule has 0 aliphatic heterocycles. The quantitative estimate of drug-likeness (QED) is 0.811.